The number of hydrogen-bond donors (Lipinski definition) is 0. The van der Waals surface area contributed by atoms with Gasteiger partial charge in [0.05, 0.1) is 19.0 Å². The van der Waals surface area contributed by atoms with Gasteiger partial charge in [0.15, 0.2) is 0 Å². The standard InChI is InChI=1S/C10H18O4S/c1-2-15(12,13)7-3-4-9-8-14-6-5-10(9)11/h9H,2-8H2,1H3. The molecule has 1 heterocycles. The van der Waals surface area contributed by atoms with Crippen LogP contribution in [0.15, 0.2) is 0 Å². The first kappa shape index (κ1) is 12.6. The molecule has 0 spiro atoms. The third-order valence-electron chi connectivity index (χ3n) is 2.71. The van der Waals surface area contributed by atoms with Crippen LogP contribution in [0.4, 0.5) is 0 Å². The summed E-state index contributed by atoms with van der Waals surface area (Å²) < 4.78 is 27.6. The normalized spacial score (nSPS) is 23.0. The highest BCUT2D eigenvalue weighted by Gasteiger charge is 2.22. The predicted molar refractivity (Wildman–Crippen MR) is 57.5 cm³/mol. The first-order valence-electron chi connectivity index (χ1n) is 5.36. The number of ether oxygens (including phenoxy) is 1. The van der Waals surface area contributed by atoms with Crippen LogP contribution in [0.3, 0.4) is 0 Å². The lowest BCUT2D eigenvalue weighted by Crippen LogP contribution is -2.28. The van der Waals surface area contributed by atoms with Crippen molar-refractivity contribution in [1.82, 2.24) is 0 Å². The van der Waals surface area contributed by atoms with Gasteiger partial charge in [0, 0.05) is 18.1 Å². The van der Waals surface area contributed by atoms with Gasteiger partial charge < -0.3 is 4.74 Å². The minimum atomic E-state index is -2.89. The van der Waals surface area contributed by atoms with Gasteiger partial charge in [-0.15, -0.1) is 0 Å². The van der Waals surface area contributed by atoms with Crippen molar-refractivity contribution >= 4 is 15.6 Å². The number of carbonyl (C=O) groups excluding carboxylic acids is 1. The zero-order valence-corrected chi connectivity index (χ0v) is 9.88. The molecule has 5 heteroatoms. The van der Waals surface area contributed by atoms with Gasteiger partial charge in [0.1, 0.15) is 15.6 Å². The predicted octanol–water partition coefficient (Wildman–Crippen LogP) is 0.807. The highest BCUT2D eigenvalue weighted by atomic mass is 32.2. The first-order chi connectivity index (χ1) is 7.05. The van der Waals surface area contributed by atoms with Crippen molar-refractivity contribution in [3.05, 3.63) is 0 Å². The van der Waals surface area contributed by atoms with E-state index in [4.69, 9.17) is 4.74 Å². The summed E-state index contributed by atoms with van der Waals surface area (Å²) in [5.74, 6) is 0.510. The van der Waals surface area contributed by atoms with E-state index in [0.29, 0.717) is 32.5 Å². The third-order valence-corrected chi connectivity index (χ3v) is 4.51. The van der Waals surface area contributed by atoms with Crippen LogP contribution in [0.25, 0.3) is 0 Å². The Bertz CT molecular complexity index is 307. The lowest BCUT2D eigenvalue weighted by atomic mass is 9.96. The number of rotatable bonds is 5. The highest BCUT2D eigenvalue weighted by Crippen LogP contribution is 2.16. The number of ketones is 1. The summed E-state index contributed by atoms with van der Waals surface area (Å²) in [6, 6.07) is 0. The lowest BCUT2D eigenvalue weighted by molar-refractivity contribution is -0.130. The Morgan fingerprint density at radius 3 is 2.80 bits per heavy atom. The van der Waals surface area contributed by atoms with Gasteiger partial charge >= 0.3 is 0 Å². The average Bonchev–Trinajstić information content (AvgIpc) is 2.21. The van der Waals surface area contributed by atoms with E-state index in [1.807, 2.05) is 0 Å². The van der Waals surface area contributed by atoms with Gasteiger partial charge in [-0.2, -0.15) is 0 Å². The molecule has 0 amide bonds. The summed E-state index contributed by atoms with van der Waals surface area (Å²) in [4.78, 5) is 11.4. The number of sulfone groups is 1. The Hall–Kier alpha value is -0.420. The minimum absolute atomic E-state index is 0.0780. The molecule has 0 aromatic carbocycles. The van der Waals surface area contributed by atoms with Crippen LogP contribution in [-0.2, 0) is 19.4 Å². The Morgan fingerprint density at radius 2 is 2.20 bits per heavy atom. The molecule has 0 saturated carbocycles. The van der Waals surface area contributed by atoms with Gasteiger partial charge in [-0.25, -0.2) is 8.42 Å². The lowest BCUT2D eigenvalue weighted by Gasteiger charge is -2.20. The third kappa shape index (κ3) is 4.30. The molecule has 1 aliphatic heterocycles. The van der Waals surface area contributed by atoms with Crippen LogP contribution in [0.1, 0.15) is 26.2 Å². The maximum Gasteiger partial charge on any atom is 0.150 e. The van der Waals surface area contributed by atoms with Crippen LogP contribution in [0, 0.1) is 5.92 Å². The summed E-state index contributed by atoms with van der Waals surface area (Å²) in [7, 11) is -2.89. The zero-order valence-electron chi connectivity index (χ0n) is 9.07. The Balaban J connectivity index is 2.28. The second-order valence-electron chi connectivity index (χ2n) is 3.87. The van der Waals surface area contributed by atoms with Crippen LogP contribution < -0.4 is 0 Å². The molecular formula is C10H18O4S. The molecule has 88 valence electrons. The number of carbonyl (C=O) groups is 1. The van der Waals surface area contributed by atoms with Crippen molar-refractivity contribution in [1.29, 1.82) is 0 Å². The van der Waals surface area contributed by atoms with Crippen molar-refractivity contribution in [3.63, 3.8) is 0 Å². The molecule has 1 fully saturated rings. The largest absolute Gasteiger partial charge is 0.380 e. The van der Waals surface area contributed by atoms with E-state index < -0.39 is 9.84 Å². The summed E-state index contributed by atoms with van der Waals surface area (Å²) >= 11 is 0. The molecule has 1 unspecified atom stereocenters. The Morgan fingerprint density at radius 1 is 1.47 bits per heavy atom. The van der Waals surface area contributed by atoms with E-state index >= 15 is 0 Å². The first-order valence-corrected chi connectivity index (χ1v) is 7.18. The monoisotopic (exact) mass is 234 g/mol. The molecule has 4 nitrogen and oxygen atoms in total. The van der Waals surface area contributed by atoms with Crippen LogP contribution in [-0.4, -0.2) is 38.9 Å². The van der Waals surface area contributed by atoms with Crippen molar-refractivity contribution < 1.29 is 17.9 Å². The van der Waals surface area contributed by atoms with Crippen molar-refractivity contribution in [3.8, 4) is 0 Å². The quantitative estimate of drug-likeness (QED) is 0.706. The van der Waals surface area contributed by atoms with E-state index in [1.165, 1.54) is 0 Å². The van der Waals surface area contributed by atoms with E-state index in [2.05, 4.69) is 0 Å². The fourth-order valence-corrected chi connectivity index (χ4v) is 2.53. The summed E-state index contributed by atoms with van der Waals surface area (Å²) in [5.41, 5.74) is 0. The molecule has 0 aromatic heterocycles. The molecule has 1 atom stereocenters. The molecule has 0 bridgehead atoms. The SMILES string of the molecule is CCS(=O)(=O)CCCC1COCCC1=O. The van der Waals surface area contributed by atoms with Crippen molar-refractivity contribution in [2.45, 2.75) is 26.2 Å². The maximum absolute atomic E-state index is 11.4. The molecule has 1 saturated heterocycles. The van der Waals surface area contributed by atoms with E-state index in [-0.39, 0.29) is 23.2 Å². The van der Waals surface area contributed by atoms with Crippen molar-refractivity contribution in [2.75, 3.05) is 24.7 Å². The second kappa shape index (κ2) is 5.61. The second-order valence-corrected chi connectivity index (χ2v) is 6.34. The number of hydrogen-bond acceptors (Lipinski definition) is 4. The van der Waals surface area contributed by atoms with Gasteiger partial charge in [0.25, 0.3) is 0 Å². The van der Waals surface area contributed by atoms with Gasteiger partial charge in [-0.3, -0.25) is 4.79 Å². The Labute approximate surface area is 90.9 Å². The topological polar surface area (TPSA) is 60.4 Å². The van der Waals surface area contributed by atoms with Gasteiger partial charge in [-0.1, -0.05) is 6.92 Å². The zero-order chi connectivity index (χ0) is 11.3. The Kier molecular flexibility index (Phi) is 4.73. The molecule has 1 aliphatic rings. The smallest absolute Gasteiger partial charge is 0.150 e. The maximum atomic E-state index is 11.4. The van der Waals surface area contributed by atoms with Crippen molar-refractivity contribution in [2.24, 2.45) is 5.92 Å². The van der Waals surface area contributed by atoms with Crippen LogP contribution >= 0.6 is 0 Å². The fraction of sp³-hybridized carbons (Fsp3) is 0.900. The summed E-state index contributed by atoms with van der Waals surface area (Å²) in [5, 5.41) is 0. The van der Waals surface area contributed by atoms with Gasteiger partial charge in [0.2, 0.25) is 0 Å². The highest BCUT2D eigenvalue weighted by molar-refractivity contribution is 7.91. The molecule has 15 heavy (non-hydrogen) atoms. The molecule has 0 aromatic rings. The molecular weight excluding hydrogens is 216 g/mol. The van der Waals surface area contributed by atoms with Crippen LogP contribution in [0.2, 0.25) is 0 Å². The van der Waals surface area contributed by atoms with Crippen LogP contribution in [0.5, 0.6) is 0 Å². The molecule has 0 N–H and O–H groups in total. The summed E-state index contributed by atoms with van der Waals surface area (Å²) in [6.45, 7) is 2.62. The molecule has 0 radical (unpaired) electrons. The molecule has 0 aliphatic carbocycles. The van der Waals surface area contributed by atoms with E-state index in [0.717, 1.165) is 0 Å². The summed E-state index contributed by atoms with van der Waals surface area (Å²) in [6.07, 6.45) is 1.68. The number of Topliss-reactive ketones (excluding diaryl/α,β-unsaturated/α-hetero) is 1. The van der Waals surface area contributed by atoms with Gasteiger partial charge in [-0.05, 0) is 12.8 Å². The van der Waals surface area contributed by atoms with E-state index in [9.17, 15) is 13.2 Å². The molecule has 1 rings (SSSR count). The minimum Gasteiger partial charge on any atom is -0.380 e. The fourth-order valence-electron chi connectivity index (χ4n) is 1.63. The average molecular weight is 234 g/mol. The van der Waals surface area contributed by atoms with E-state index in [1.54, 1.807) is 6.92 Å².